The molecule has 0 saturated carbocycles. The Morgan fingerprint density at radius 1 is 1.64 bits per heavy atom. The number of nitrogens with one attached hydrogen (secondary N) is 1. The molecule has 0 aromatic heterocycles. The highest BCUT2D eigenvalue weighted by Gasteiger charge is 2.03. The average molecular weight is 155 g/mol. The summed E-state index contributed by atoms with van der Waals surface area (Å²) in [4.78, 5) is 0. The van der Waals surface area contributed by atoms with Crippen LogP contribution in [0.15, 0.2) is 11.8 Å². The first-order valence-corrected chi connectivity index (χ1v) is 4.32. The van der Waals surface area contributed by atoms with Crippen LogP contribution in [0.5, 0.6) is 0 Å². The van der Waals surface area contributed by atoms with Gasteiger partial charge in [0.15, 0.2) is 0 Å². The molecule has 1 aliphatic heterocycles. The third kappa shape index (κ3) is 3.42. The smallest absolute Gasteiger partial charge is 0.0876 e. The molecular formula is C9H17NO. The number of hydrogen-bond acceptors (Lipinski definition) is 2. The predicted octanol–water partition coefficient (Wildman–Crippen LogP) is 1.68. The quantitative estimate of drug-likeness (QED) is 0.669. The topological polar surface area (TPSA) is 21.3 Å². The maximum Gasteiger partial charge on any atom is 0.0876 e. The Hall–Kier alpha value is -0.500. The molecule has 0 amide bonds. The Labute approximate surface area is 68.6 Å². The summed E-state index contributed by atoms with van der Waals surface area (Å²) < 4.78 is 5.21. The van der Waals surface area contributed by atoms with Crippen molar-refractivity contribution < 1.29 is 4.74 Å². The largest absolute Gasteiger partial charge is 0.501 e. The summed E-state index contributed by atoms with van der Waals surface area (Å²) >= 11 is 0. The molecule has 0 spiro atoms. The van der Waals surface area contributed by atoms with Gasteiger partial charge in [0, 0.05) is 12.6 Å². The molecular weight excluding hydrogens is 138 g/mol. The maximum absolute atomic E-state index is 5.21. The molecule has 2 heteroatoms. The van der Waals surface area contributed by atoms with E-state index >= 15 is 0 Å². The molecule has 0 saturated heterocycles. The van der Waals surface area contributed by atoms with Crippen molar-refractivity contribution in [2.75, 3.05) is 13.2 Å². The normalized spacial score (nSPS) is 17.9. The van der Waals surface area contributed by atoms with Gasteiger partial charge >= 0.3 is 0 Å². The van der Waals surface area contributed by atoms with Gasteiger partial charge in [-0.05, 0) is 18.4 Å². The van der Waals surface area contributed by atoms with Crippen molar-refractivity contribution in [1.29, 1.82) is 0 Å². The van der Waals surface area contributed by atoms with Crippen LogP contribution in [-0.4, -0.2) is 19.2 Å². The molecule has 0 aromatic rings. The second-order valence-corrected chi connectivity index (χ2v) is 3.29. The molecule has 1 heterocycles. The second-order valence-electron chi connectivity index (χ2n) is 3.29. The summed E-state index contributed by atoms with van der Waals surface area (Å²) in [6, 6.07) is 0.567. The van der Waals surface area contributed by atoms with Gasteiger partial charge < -0.3 is 10.1 Å². The van der Waals surface area contributed by atoms with E-state index in [1.54, 1.807) is 0 Å². The van der Waals surface area contributed by atoms with Crippen LogP contribution >= 0.6 is 0 Å². The lowest BCUT2D eigenvalue weighted by Crippen LogP contribution is -2.25. The standard InChI is InChI=1S/C9H17NO/c1-8(2)10-6-9-4-3-5-11-7-9/h7-8,10H,3-6H2,1-2H3. The van der Waals surface area contributed by atoms with Gasteiger partial charge in [-0.25, -0.2) is 0 Å². The third-order valence-corrected chi connectivity index (χ3v) is 1.75. The van der Waals surface area contributed by atoms with E-state index in [1.165, 1.54) is 18.4 Å². The van der Waals surface area contributed by atoms with E-state index in [2.05, 4.69) is 19.2 Å². The van der Waals surface area contributed by atoms with E-state index < -0.39 is 0 Å². The molecule has 0 radical (unpaired) electrons. The van der Waals surface area contributed by atoms with Crippen molar-refractivity contribution in [2.24, 2.45) is 0 Å². The van der Waals surface area contributed by atoms with Crippen LogP contribution in [-0.2, 0) is 4.74 Å². The predicted molar refractivity (Wildman–Crippen MR) is 46.4 cm³/mol. The van der Waals surface area contributed by atoms with Crippen molar-refractivity contribution in [2.45, 2.75) is 32.7 Å². The van der Waals surface area contributed by atoms with Crippen LogP contribution < -0.4 is 5.32 Å². The van der Waals surface area contributed by atoms with Gasteiger partial charge in [0.05, 0.1) is 12.9 Å². The zero-order valence-electron chi connectivity index (χ0n) is 7.39. The van der Waals surface area contributed by atoms with E-state index in [-0.39, 0.29) is 0 Å². The average Bonchev–Trinajstić information content (AvgIpc) is 2.03. The van der Waals surface area contributed by atoms with Crippen molar-refractivity contribution >= 4 is 0 Å². The first kappa shape index (κ1) is 8.60. The van der Waals surface area contributed by atoms with Crippen LogP contribution in [0.1, 0.15) is 26.7 Å². The molecule has 1 rings (SSSR count). The Bertz CT molecular complexity index is 140. The number of ether oxygens (including phenoxy) is 1. The minimum Gasteiger partial charge on any atom is -0.501 e. The summed E-state index contributed by atoms with van der Waals surface area (Å²) in [5, 5.41) is 3.37. The van der Waals surface area contributed by atoms with Crippen molar-refractivity contribution in [1.82, 2.24) is 5.32 Å². The van der Waals surface area contributed by atoms with Gasteiger partial charge in [0.1, 0.15) is 0 Å². The Morgan fingerprint density at radius 2 is 2.45 bits per heavy atom. The van der Waals surface area contributed by atoms with Gasteiger partial charge in [-0.3, -0.25) is 0 Å². The molecule has 0 atom stereocenters. The Balaban J connectivity index is 2.19. The van der Waals surface area contributed by atoms with Crippen LogP contribution in [0.3, 0.4) is 0 Å². The van der Waals surface area contributed by atoms with E-state index in [1.807, 2.05) is 6.26 Å². The molecule has 0 aliphatic carbocycles. The van der Waals surface area contributed by atoms with Gasteiger partial charge in [0.25, 0.3) is 0 Å². The number of hydrogen-bond donors (Lipinski definition) is 1. The summed E-state index contributed by atoms with van der Waals surface area (Å²) in [6.45, 7) is 6.19. The van der Waals surface area contributed by atoms with Crippen molar-refractivity contribution in [3.8, 4) is 0 Å². The highest BCUT2D eigenvalue weighted by molar-refractivity contribution is 5.02. The van der Waals surface area contributed by atoms with Crippen LogP contribution in [0, 0.1) is 0 Å². The van der Waals surface area contributed by atoms with Crippen molar-refractivity contribution in [3.63, 3.8) is 0 Å². The molecule has 2 nitrogen and oxygen atoms in total. The lowest BCUT2D eigenvalue weighted by Gasteiger charge is -2.15. The van der Waals surface area contributed by atoms with Crippen LogP contribution in [0.4, 0.5) is 0 Å². The van der Waals surface area contributed by atoms with Crippen LogP contribution in [0.2, 0.25) is 0 Å². The summed E-state index contributed by atoms with van der Waals surface area (Å²) in [7, 11) is 0. The summed E-state index contributed by atoms with van der Waals surface area (Å²) in [5.41, 5.74) is 1.39. The fraction of sp³-hybridized carbons (Fsp3) is 0.778. The number of rotatable bonds is 3. The molecule has 64 valence electrons. The van der Waals surface area contributed by atoms with Gasteiger partial charge in [-0.1, -0.05) is 13.8 Å². The second kappa shape index (κ2) is 4.39. The lowest BCUT2D eigenvalue weighted by atomic mass is 10.1. The zero-order valence-corrected chi connectivity index (χ0v) is 7.39. The van der Waals surface area contributed by atoms with Gasteiger partial charge in [-0.15, -0.1) is 0 Å². The minimum absolute atomic E-state index is 0.567. The zero-order chi connectivity index (χ0) is 8.10. The molecule has 0 aromatic carbocycles. The summed E-state index contributed by atoms with van der Waals surface area (Å²) in [5.74, 6) is 0. The Kier molecular flexibility index (Phi) is 3.43. The Morgan fingerprint density at radius 3 is 3.00 bits per heavy atom. The first-order chi connectivity index (χ1) is 5.29. The molecule has 11 heavy (non-hydrogen) atoms. The lowest BCUT2D eigenvalue weighted by molar-refractivity contribution is 0.223. The van der Waals surface area contributed by atoms with E-state index in [0.29, 0.717) is 6.04 Å². The SMILES string of the molecule is CC(C)NCC1=COCCC1. The summed E-state index contributed by atoms with van der Waals surface area (Å²) in [6.07, 6.45) is 4.27. The van der Waals surface area contributed by atoms with E-state index in [0.717, 1.165) is 13.2 Å². The van der Waals surface area contributed by atoms with E-state index in [4.69, 9.17) is 4.74 Å². The molecule has 0 fully saturated rings. The fourth-order valence-electron chi connectivity index (χ4n) is 1.08. The maximum atomic E-state index is 5.21. The third-order valence-electron chi connectivity index (χ3n) is 1.75. The fourth-order valence-corrected chi connectivity index (χ4v) is 1.08. The van der Waals surface area contributed by atoms with E-state index in [9.17, 15) is 0 Å². The highest BCUT2D eigenvalue weighted by atomic mass is 16.5. The van der Waals surface area contributed by atoms with Crippen molar-refractivity contribution in [3.05, 3.63) is 11.8 Å². The van der Waals surface area contributed by atoms with Crippen LogP contribution in [0.25, 0.3) is 0 Å². The molecule has 0 bridgehead atoms. The minimum atomic E-state index is 0.567. The monoisotopic (exact) mass is 155 g/mol. The van der Waals surface area contributed by atoms with Gasteiger partial charge in [0.2, 0.25) is 0 Å². The highest BCUT2D eigenvalue weighted by Crippen LogP contribution is 2.10. The first-order valence-electron chi connectivity index (χ1n) is 4.32. The molecule has 1 aliphatic rings. The molecule has 0 unspecified atom stereocenters. The van der Waals surface area contributed by atoms with Gasteiger partial charge in [-0.2, -0.15) is 0 Å². The molecule has 1 N–H and O–H groups in total.